The Morgan fingerprint density at radius 2 is 1.97 bits per heavy atom. The maximum Gasteiger partial charge on any atom is 0.490 e. The number of nitrogens with one attached hydrogen (secondary N) is 2. The van der Waals surface area contributed by atoms with Crippen LogP contribution in [0.1, 0.15) is 11.5 Å². The van der Waals surface area contributed by atoms with E-state index in [2.05, 4.69) is 36.0 Å². The monoisotopic (exact) mass is 437 g/mol. The molecule has 10 nitrogen and oxygen atoms in total. The van der Waals surface area contributed by atoms with Crippen molar-refractivity contribution >= 4 is 27.9 Å². The molecule has 4 aromatic rings. The molecule has 4 rings (SSSR count). The summed E-state index contributed by atoms with van der Waals surface area (Å²) in [6.07, 6.45) is 0.0575. The fraction of sp³-hybridized carbons (Fsp3) is 0.278. The number of halogens is 3. The average molecular weight is 437 g/mol. The van der Waals surface area contributed by atoms with Crippen molar-refractivity contribution in [2.24, 2.45) is 7.05 Å². The van der Waals surface area contributed by atoms with Crippen LogP contribution in [0.2, 0.25) is 0 Å². The van der Waals surface area contributed by atoms with Gasteiger partial charge in [-0.1, -0.05) is 0 Å². The first-order chi connectivity index (χ1) is 14.5. The maximum absolute atomic E-state index is 12.1. The molecule has 4 heterocycles. The second kappa shape index (κ2) is 8.55. The summed E-state index contributed by atoms with van der Waals surface area (Å²) in [5.74, 6) is -2.14. The number of alkyl halides is 3. The van der Waals surface area contributed by atoms with E-state index in [0.717, 1.165) is 16.6 Å². The second-order valence-corrected chi connectivity index (χ2v) is 6.75. The van der Waals surface area contributed by atoms with Gasteiger partial charge in [-0.2, -0.15) is 18.3 Å². The van der Waals surface area contributed by atoms with Crippen molar-refractivity contribution in [1.82, 2.24) is 34.6 Å². The lowest BCUT2D eigenvalue weighted by atomic mass is 10.3. The van der Waals surface area contributed by atoms with Crippen LogP contribution in [0.4, 0.5) is 13.2 Å². The summed E-state index contributed by atoms with van der Waals surface area (Å²) >= 11 is 0. The molecule has 0 aliphatic carbocycles. The summed E-state index contributed by atoms with van der Waals surface area (Å²) in [7, 11) is 3.76. The Bertz CT molecular complexity index is 1240. The molecule has 0 saturated carbocycles. The van der Waals surface area contributed by atoms with Gasteiger partial charge in [0.2, 0.25) is 0 Å². The number of aliphatic carboxylic acids is 1. The Morgan fingerprint density at radius 3 is 2.61 bits per heavy atom. The van der Waals surface area contributed by atoms with Crippen LogP contribution in [0.25, 0.3) is 21.9 Å². The summed E-state index contributed by atoms with van der Waals surface area (Å²) in [6.45, 7) is 1.24. The van der Waals surface area contributed by atoms with Gasteiger partial charge >= 0.3 is 12.1 Å². The zero-order valence-electron chi connectivity index (χ0n) is 16.4. The molecule has 0 spiro atoms. The van der Waals surface area contributed by atoms with E-state index in [0.29, 0.717) is 29.9 Å². The highest BCUT2D eigenvalue weighted by molar-refractivity contribution is 5.79. The summed E-state index contributed by atoms with van der Waals surface area (Å²) in [5.41, 5.74) is 2.59. The molecule has 164 valence electrons. The molecule has 0 saturated heterocycles. The van der Waals surface area contributed by atoms with Gasteiger partial charge in [-0.15, -0.1) is 0 Å². The largest absolute Gasteiger partial charge is 0.490 e. The van der Waals surface area contributed by atoms with Gasteiger partial charge in [-0.25, -0.2) is 9.78 Å². The number of carboxylic acids is 1. The lowest BCUT2D eigenvalue weighted by Crippen LogP contribution is -2.22. The van der Waals surface area contributed by atoms with E-state index < -0.39 is 12.1 Å². The molecule has 3 N–H and O–H groups in total. The van der Waals surface area contributed by atoms with E-state index in [4.69, 9.17) is 9.90 Å². The molecule has 0 aliphatic heterocycles. The minimum Gasteiger partial charge on any atom is -0.475 e. The first-order valence-electron chi connectivity index (χ1n) is 8.85. The predicted octanol–water partition coefficient (Wildman–Crippen LogP) is 1.80. The number of nitrogens with zero attached hydrogens (tertiary/aromatic N) is 5. The second-order valence-electron chi connectivity index (χ2n) is 6.75. The van der Waals surface area contributed by atoms with Gasteiger partial charge in [0.1, 0.15) is 11.2 Å². The van der Waals surface area contributed by atoms with Crippen LogP contribution in [-0.2, 0) is 24.9 Å². The number of carbonyl (C=O) groups is 1. The van der Waals surface area contributed by atoms with E-state index in [1.807, 2.05) is 19.3 Å². The maximum atomic E-state index is 12.1. The molecule has 0 aliphatic rings. The van der Waals surface area contributed by atoms with Crippen LogP contribution in [-0.4, -0.2) is 58.9 Å². The van der Waals surface area contributed by atoms with Gasteiger partial charge in [0.15, 0.2) is 5.65 Å². The van der Waals surface area contributed by atoms with Gasteiger partial charge < -0.3 is 15.1 Å². The molecule has 0 unspecified atom stereocenters. The molecule has 0 atom stereocenters. The summed E-state index contributed by atoms with van der Waals surface area (Å²) < 4.78 is 33.3. The summed E-state index contributed by atoms with van der Waals surface area (Å²) in [5, 5.41) is 12.8. The standard InChI is InChI=1S/C16H17N7O.C2HF3O2/c1-22(8-11-5-10-6-17-4-3-13(10)19-11)9-14-20-15-12(16(24)21-14)7-18-23(15)2;3-2(4,5)1(6)7/h3-7,19H,8-9H2,1-2H3,(H,20,21,24);(H,6,7). The summed E-state index contributed by atoms with van der Waals surface area (Å²) in [4.78, 5) is 37.9. The Morgan fingerprint density at radius 1 is 1.26 bits per heavy atom. The highest BCUT2D eigenvalue weighted by Crippen LogP contribution is 2.15. The molecule has 31 heavy (non-hydrogen) atoms. The SMILES string of the molecule is CN(Cc1cc2cnccc2[nH]1)Cc1nc2c(cnn2C)c(=O)[nH]1.O=C(O)C(F)(F)F. The topological polar surface area (TPSA) is 133 Å². The van der Waals surface area contributed by atoms with Crippen molar-refractivity contribution in [3.8, 4) is 0 Å². The van der Waals surface area contributed by atoms with Gasteiger partial charge in [0.05, 0.1) is 12.7 Å². The first kappa shape index (κ1) is 22.0. The normalized spacial score (nSPS) is 11.7. The van der Waals surface area contributed by atoms with E-state index in [1.54, 1.807) is 17.9 Å². The Hall–Kier alpha value is -3.74. The van der Waals surface area contributed by atoms with Crippen LogP contribution < -0.4 is 5.56 Å². The van der Waals surface area contributed by atoms with Crippen LogP contribution in [0.5, 0.6) is 0 Å². The smallest absolute Gasteiger partial charge is 0.475 e. The van der Waals surface area contributed by atoms with Gasteiger partial charge in [0, 0.05) is 42.6 Å². The molecule has 4 aromatic heterocycles. The van der Waals surface area contributed by atoms with Gasteiger partial charge in [-0.05, 0) is 19.2 Å². The molecule has 0 bridgehead atoms. The number of pyridine rings is 1. The third-order valence-corrected chi connectivity index (χ3v) is 4.23. The van der Waals surface area contributed by atoms with Crippen molar-refractivity contribution in [2.75, 3.05) is 7.05 Å². The van der Waals surface area contributed by atoms with Crippen LogP contribution in [0, 0.1) is 0 Å². The summed E-state index contributed by atoms with van der Waals surface area (Å²) in [6, 6.07) is 4.04. The molecule has 0 amide bonds. The molecular weight excluding hydrogens is 419 g/mol. The van der Waals surface area contributed by atoms with Crippen LogP contribution >= 0.6 is 0 Å². The van der Waals surface area contributed by atoms with Crippen molar-refractivity contribution in [3.63, 3.8) is 0 Å². The van der Waals surface area contributed by atoms with E-state index in [9.17, 15) is 18.0 Å². The molecule has 0 radical (unpaired) electrons. The fourth-order valence-corrected chi connectivity index (χ4v) is 2.87. The van der Waals surface area contributed by atoms with Gasteiger partial charge in [-0.3, -0.25) is 19.4 Å². The number of aromatic amines is 2. The fourth-order valence-electron chi connectivity index (χ4n) is 2.87. The Balaban J connectivity index is 0.000000339. The third-order valence-electron chi connectivity index (χ3n) is 4.23. The molecule has 13 heteroatoms. The Kier molecular flexibility index (Phi) is 6.06. The van der Waals surface area contributed by atoms with E-state index in [1.165, 1.54) is 6.20 Å². The first-order valence-corrected chi connectivity index (χ1v) is 8.85. The molecular formula is C18H18F3N7O3. The quantitative estimate of drug-likeness (QED) is 0.443. The van der Waals surface area contributed by atoms with Gasteiger partial charge in [0.25, 0.3) is 5.56 Å². The van der Waals surface area contributed by atoms with Crippen molar-refractivity contribution < 1.29 is 23.1 Å². The number of fused-ring (bicyclic) bond motifs is 2. The highest BCUT2D eigenvalue weighted by Gasteiger charge is 2.38. The number of rotatable bonds is 4. The zero-order chi connectivity index (χ0) is 22.8. The number of hydrogen-bond acceptors (Lipinski definition) is 6. The van der Waals surface area contributed by atoms with E-state index >= 15 is 0 Å². The third kappa shape index (κ3) is 5.25. The highest BCUT2D eigenvalue weighted by atomic mass is 19.4. The number of aryl methyl sites for hydroxylation is 1. The molecule has 0 fully saturated rings. The van der Waals surface area contributed by atoms with E-state index in [-0.39, 0.29) is 5.56 Å². The average Bonchev–Trinajstić information content (AvgIpc) is 3.24. The Labute approximate surface area is 172 Å². The minimum atomic E-state index is -5.08. The van der Waals surface area contributed by atoms with Crippen LogP contribution in [0.15, 0.2) is 35.5 Å². The minimum absolute atomic E-state index is 0.159. The van der Waals surface area contributed by atoms with Crippen molar-refractivity contribution in [3.05, 3.63) is 52.6 Å². The zero-order valence-corrected chi connectivity index (χ0v) is 16.4. The van der Waals surface area contributed by atoms with Crippen molar-refractivity contribution in [2.45, 2.75) is 19.3 Å². The van der Waals surface area contributed by atoms with Crippen molar-refractivity contribution in [1.29, 1.82) is 0 Å². The van der Waals surface area contributed by atoms with Crippen LogP contribution in [0.3, 0.4) is 0 Å². The predicted molar refractivity (Wildman–Crippen MR) is 104 cm³/mol. The number of aromatic nitrogens is 6. The lowest BCUT2D eigenvalue weighted by molar-refractivity contribution is -0.192. The number of H-pyrrole nitrogens is 2. The number of carboxylic acid groups (broad SMARTS) is 1. The lowest BCUT2D eigenvalue weighted by Gasteiger charge is -2.14. The number of hydrogen-bond donors (Lipinski definition) is 3. The molecule has 0 aromatic carbocycles.